The maximum atomic E-state index is 13.6. The van der Waals surface area contributed by atoms with Gasteiger partial charge in [-0.15, -0.1) is 0 Å². The molecule has 0 saturated carbocycles. The molecule has 1 aromatic heterocycles. The Labute approximate surface area is 195 Å². The van der Waals surface area contributed by atoms with Crippen molar-refractivity contribution < 1.29 is 23.1 Å². The molecule has 174 valence electrons. The quantitative estimate of drug-likeness (QED) is 0.381. The number of nitrogens with one attached hydrogen (secondary N) is 2. The van der Waals surface area contributed by atoms with Crippen LogP contribution < -0.4 is 15.4 Å². The first-order chi connectivity index (χ1) is 16.4. The molecule has 0 unspecified atom stereocenters. The van der Waals surface area contributed by atoms with E-state index in [0.29, 0.717) is 17.5 Å². The van der Waals surface area contributed by atoms with E-state index in [2.05, 4.69) is 15.6 Å². The van der Waals surface area contributed by atoms with Crippen molar-refractivity contribution >= 4 is 28.7 Å². The molecule has 0 atom stereocenters. The average molecular weight is 463 g/mol. The minimum atomic E-state index is -0.480. The predicted molar refractivity (Wildman–Crippen MR) is 127 cm³/mol. The summed E-state index contributed by atoms with van der Waals surface area (Å²) in [7, 11) is 1.69. The molecular formula is C26H23F2N3O3. The van der Waals surface area contributed by atoms with Crippen LogP contribution in [0.25, 0.3) is 10.8 Å². The monoisotopic (exact) mass is 463 g/mol. The maximum absolute atomic E-state index is 13.6. The van der Waals surface area contributed by atoms with Crippen LogP contribution in [-0.4, -0.2) is 30.8 Å². The van der Waals surface area contributed by atoms with E-state index in [-0.39, 0.29) is 24.0 Å². The number of amides is 1. The molecule has 0 aliphatic rings. The van der Waals surface area contributed by atoms with E-state index in [0.717, 1.165) is 16.3 Å². The molecule has 0 fully saturated rings. The molecule has 0 saturated heterocycles. The van der Waals surface area contributed by atoms with E-state index in [1.807, 2.05) is 19.1 Å². The maximum Gasteiger partial charge on any atom is 0.252 e. The summed E-state index contributed by atoms with van der Waals surface area (Å²) in [6.45, 7) is 1.85. The number of carbonyl (C=O) groups excluding carboxylic acids is 2. The number of benzene rings is 3. The summed E-state index contributed by atoms with van der Waals surface area (Å²) in [5.41, 5.74) is 2.00. The van der Waals surface area contributed by atoms with Crippen LogP contribution in [0.15, 0.2) is 73.1 Å². The summed E-state index contributed by atoms with van der Waals surface area (Å²) in [4.78, 5) is 25.9. The number of carbonyl (C=O) groups is 2. The Kier molecular flexibility index (Phi) is 8.23. The standard InChI is InChI=1S/C14H13F2NO.C12H10N2O2/c1-9-3-5-11(16)13(7-9)18-14-8-10(15)4-6-12(14)17-2;15-7-6-14-12(16)10-3-1-2-9-4-5-13-8-11(9)10/h3-8,17H,1-2H3;1-5,7-8H,6H2,(H,14,16). The molecule has 4 rings (SSSR count). The largest absolute Gasteiger partial charge is 0.452 e. The zero-order valence-corrected chi connectivity index (χ0v) is 18.6. The number of nitrogens with zero attached hydrogens (tertiary/aromatic N) is 1. The number of aryl methyl sites for hydroxylation is 1. The highest BCUT2D eigenvalue weighted by Gasteiger charge is 2.10. The third kappa shape index (κ3) is 6.13. The zero-order valence-electron chi connectivity index (χ0n) is 18.6. The molecule has 1 heterocycles. The summed E-state index contributed by atoms with van der Waals surface area (Å²) in [5, 5.41) is 7.11. The molecule has 8 heteroatoms. The van der Waals surface area contributed by atoms with Crippen LogP contribution in [0, 0.1) is 18.6 Å². The van der Waals surface area contributed by atoms with Crippen molar-refractivity contribution in [1.29, 1.82) is 0 Å². The van der Waals surface area contributed by atoms with Gasteiger partial charge in [-0.3, -0.25) is 9.78 Å². The van der Waals surface area contributed by atoms with Gasteiger partial charge in [0.1, 0.15) is 12.1 Å². The number of pyridine rings is 1. The Hall–Kier alpha value is -4.33. The average Bonchev–Trinajstić information content (AvgIpc) is 2.85. The first kappa shape index (κ1) is 24.3. The lowest BCUT2D eigenvalue weighted by Gasteiger charge is -2.12. The van der Waals surface area contributed by atoms with E-state index in [1.165, 1.54) is 18.2 Å². The van der Waals surface area contributed by atoms with Gasteiger partial charge < -0.3 is 20.2 Å². The lowest BCUT2D eigenvalue weighted by atomic mass is 10.1. The van der Waals surface area contributed by atoms with Gasteiger partial charge in [0.2, 0.25) is 0 Å². The van der Waals surface area contributed by atoms with Crippen molar-refractivity contribution in [3.05, 3.63) is 95.8 Å². The molecule has 6 nitrogen and oxygen atoms in total. The summed E-state index contributed by atoms with van der Waals surface area (Å²) >= 11 is 0. The third-order valence-corrected chi connectivity index (χ3v) is 4.79. The Morgan fingerprint density at radius 2 is 1.88 bits per heavy atom. The van der Waals surface area contributed by atoms with Gasteiger partial charge >= 0.3 is 0 Å². The summed E-state index contributed by atoms with van der Waals surface area (Å²) < 4.78 is 32.1. The number of rotatable bonds is 6. The van der Waals surface area contributed by atoms with E-state index < -0.39 is 11.6 Å². The molecule has 34 heavy (non-hydrogen) atoms. The smallest absolute Gasteiger partial charge is 0.252 e. The van der Waals surface area contributed by atoms with E-state index in [1.54, 1.807) is 49.8 Å². The van der Waals surface area contributed by atoms with Crippen molar-refractivity contribution in [3.63, 3.8) is 0 Å². The number of aldehydes is 1. The molecule has 0 bridgehead atoms. The number of anilines is 1. The Morgan fingerprint density at radius 3 is 2.65 bits per heavy atom. The SMILES string of the molecule is CNc1ccc(F)cc1Oc1cc(C)ccc1F.O=CCNC(=O)c1cccc2ccncc12. The molecular weight excluding hydrogens is 440 g/mol. The summed E-state index contributed by atoms with van der Waals surface area (Å²) in [6, 6.07) is 15.9. The first-order valence-corrected chi connectivity index (χ1v) is 10.4. The highest BCUT2D eigenvalue weighted by Crippen LogP contribution is 2.31. The normalized spacial score (nSPS) is 10.1. The third-order valence-electron chi connectivity index (χ3n) is 4.79. The predicted octanol–water partition coefficient (Wildman–Crippen LogP) is 5.27. The lowest BCUT2D eigenvalue weighted by Crippen LogP contribution is -2.25. The first-order valence-electron chi connectivity index (χ1n) is 10.4. The van der Waals surface area contributed by atoms with Crippen LogP contribution in [0.5, 0.6) is 11.5 Å². The fraction of sp³-hybridized carbons (Fsp3) is 0.115. The lowest BCUT2D eigenvalue weighted by molar-refractivity contribution is -0.107. The molecule has 1 amide bonds. The summed E-state index contributed by atoms with van der Waals surface area (Å²) in [6.07, 6.45) is 3.97. The highest BCUT2D eigenvalue weighted by atomic mass is 19.1. The van der Waals surface area contributed by atoms with Crippen LogP contribution in [0.3, 0.4) is 0 Å². The van der Waals surface area contributed by atoms with Gasteiger partial charge in [0, 0.05) is 36.5 Å². The minimum absolute atomic E-state index is 0.0233. The number of hydrogen-bond donors (Lipinski definition) is 2. The van der Waals surface area contributed by atoms with Crippen LogP contribution in [0.2, 0.25) is 0 Å². The topological polar surface area (TPSA) is 80.3 Å². The number of ether oxygens (including phenoxy) is 1. The molecule has 0 aliphatic heterocycles. The van der Waals surface area contributed by atoms with Crippen LogP contribution >= 0.6 is 0 Å². The van der Waals surface area contributed by atoms with Crippen molar-refractivity contribution in [2.24, 2.45) is 0 Å². The molecule has 2 N–H and O–H groups in total. The second-order valence-electron chi connectivity index (χ2n) is 7.21. The fourth-order valence-electron chi connectivity index (χ4n) is 3.14. The van der Waals surface area contributed by atoms with Crippen LogP contribution in [0.1, 0.15) is 15.9 Å². The summed E-state index contributed by atoms with van der Waals surface area (Å²) in [5.74, 6) is -0.839. The van der Waals surface area contributed by atoms with Gasteiger partial charge in [-0.05, 0) is 54.3 Å². The van der Waals surface area contributed by atoms with Crippen molar-refractivity contribution in [2.75, 3.05) is 18.9 Å². The number of halogens is 2. The van der Waals surface area contributed by atoms with Gasteiger partial charge in [0.25, 0.3) is 5.91 Å². The van der Waals surface area contributed by atoms with Gasteiger partial charge in [-0.25, -0.2) is 8.78 Å². The molecule has 0 aliphatic carbocycles. The number of aromatic nitrogens is 1. The van der Waals surface area contributed by atoms with Crippen molar-refractivity contribution in [3.8, 4) is 11.5 Å². The highest BCUT2D eigenvalue weighted by molar-refractivity contribution is 6.07. The van der Waals surface area contributed by atoms with E-state index in [9.17, 15) is 18.4 Å². The van der Waals surface area contributed by atoms with E-state index >= 15 is 0 Å². The minimum Gasteiger partial charge on any atom is -0.452 e. The Balaban J connectivity index is 0.000000192. The second kappa shape index (κ2) is 11.5. The van der Waals surface area contributed by atoms with Gasteiger partial charge in [-0.1, -0.05) is 18.2 Å². The molecule has 0 radical (unpaired) electrons. The molecule has 0 spiro atoms. The molecule has 4 aromatic rings. The van der Waals surface area contributed by atoms with Gasteiger partial charge in [-0.2, -0.15) is 0 Å². The number of fused-ring (bicyclic) bond motifs is 1. The van der Waals surface area contributed by atoms with Gasteiger partial charge in [0.15, 0.2) is 17.3 Å². The van der Waals surface area contributed by atoms with Crippen LogP contribution in [-0.2, 0) is 4.79 Å². The molecule has 3 aromatic carbocycles. The van der Waals surface area contributed by atoms with Crippen molar-refractivity contribution in [1.82, 2.24) is 10.3 Å². The fourth-order valence-corrected chi connectivity index (χ4v) is 3.14. The zero-order chi connectivity index (χ0) is 24.5. The Morgan fingerprint density at radius 1 is 1.06 bits per heavy atom. The Bertz CT molecular complexity index is 1310. The van der Waals surface area contributed by atoms with E-state index in [4.69, 9.17) is 4.74 Å². The number of hydrogen-bond acceptors (Lipinski definition) is 5. The second-order valence-corrected chi connectivity index (χ2v) is 7.21. The van der Waals surface area contributed by atoms with Crippen LogP contribution in [0.4, 0.5) is 14.5 Å². The van der Waals surface area contributed by atoms with Crippen molar-refractivity contribution in [2.45, 2.75) is 6.92 Å². The van der Waals surface area contributed by atoms with Gasteiger partial charge in [0.05, 0.1) is 12.2 Å².